The molecular formula is C32H24O5. The molecule has 0 N–H and O–H groups in total. The minimum atomic E-state index is -0.566. The van der Waals surface area contributed by atoms with Crippen LogP contribution in [0.1, 0.15) is 31.8 Å². The van der Waals surface area contributed by atoms with Gasteiger partial charge in [-0.3, -0.25) is 4.79 Å². The molecule has 0 unspecified atom stereocenters. The summed E-state index contributed by atoms with van der Waals surface area (Å²) in [5, 5.41) is 0.594. The second kappa shape index (κ2) is 10.4. The molecule has 5 aromatic rings. The van der Waals surface area contributed by atoms with Crippen molar-refractivity contribution in [3.63, 3.8) is 0 Å². The lowest BCUT2D eigenvalue weighted by Crippen LogP contribution is -2.09. The summed E-state index contributed by atoms with van der Waals surface area (Å²) in [6.07, 6.45) is 3.31. The maximum Gasteiger partial charge on any atom is 0.348 e. The molecule has 5 nitrogen and oxygen atoms in total. The lowest BCUT2D eigenvalue weighted by Gasteiger charge is -2.06. The van der Waals surface area contributed by atoms with Crippen molar-refractivity contribution in [1.29, 1.82) is 0 Å². The minimum Gasteiger partial charge on any atom is -0.497 e. The summed E-state index contributed by atoms with van der Waals surface area (Å²) in [5.41, 5.74) is 4.21. The van der Waals surface area contributed by atoms with Crippen LogP contribution in [0.25, 0.3) is 28.4 Å². The number of furan rings is 1. The van der Waals surface area contributed by atoms with Crippen LogP contribution in [0, 0.1) is 6.92 Å². The van der Waals surface area contributed by atoms with E-state index in [9.17, 15) is 9.59 Å². The van der Waals surface area contributed by atoms with Gasteiger partial charge in [0.2, 0.25) is 0 Å². The highest BCUT2D eigenvalue weighted by molar-refractivity contribution is 6.10. The van der Waals surface area contributed by atoms with Gasteiger partial charge in [0.05, 0.1) is 7.11 Å². The van der Waals surface area contributed by atoms with Gasteiger partial charge in [-0.1, -0.05) is 66.2 Å². The zero-order chi connectivity index (χ0) is 25.8. The zero-order valence-corrected chi connectivity index (χ0v) is 20.4. The average molecular weight is 489 g/mol. The Bertz CT molecular complexity index is 1590. The quantitative estimate of drug-likeness (QED) is 0.103. The fraction of sp³-hybridized carbons (Fsp3) is 0.0625. The van der Waals surface area contributed by atoms with E-state index in [-0.39, 0.29) is 5.78 Å². The van der Waals surface area contributed by atoms with Gasteiger partial charge in [-0.05, 0) is 61.0 Å². The van der Waals surface area contributed by atoms with Crippen molar-refractivity contribution in [2.75, 3.05) is 7.11 Å². The molecule has 0 radical (unpaired) electrons. The van der Waals surface area contributed by atoms with Crippen LogP contribution in [0.2, 0.25) is 0 Å². The van der Waals surface area contributed by atoms with Gasteiger partial charge in [-0.25, -0.2) is 4.79 Å². The number of hydrogen-bond donors (Lipinski definition) is 0. The largest absolute Gasteiger partial charge is 0.497 e. The number of ketones is 1. The minimum absolute atomic E-state index is 0.141. The fourth-order valence-electron chi connectivity index (χ4n) is 3.99. The lowest BCUT2D eigenvalue weighted by atomic mass is 10.1. The van der Waals surface area contributed by atoms with Crippen molar-refractivity contribution in [2.45, 2.75) is 6.92 Å². The molecule has 5 heteroatoms. The molecule has 0 saturated carbocycles. The molecule has 5 rings (SSSR count). The number of allylic oxidation sites excluding steroid dienone is 1. The maximum absolute atomic E-state index is 13.4. The first-order chi connectivity index (χ1) is 18.0. The predicted octanol–water partition coefficient (Wildman–Crippen LogP) is 7.53. The third kappa shape index (κ3) is 5.21. The normalized spacial score (nSPS) is 11.1. The number of hydrogen-bond acceptors (Lipinski definition) is 5. The molecule has 37 heavy (non-hydrogen) atoms. The van der Waals surface area contributed by atoms with E-state index in [0.29, 0.717) is 39.4 Å². The highest BCUT2D eigenvalue weighted by Gasteiger charge is 2.24. The number of carbonyl (C=O) groups is 2. The van der Waals surface area contributed by atoms with Gasteiger partial charge in [0.15, 0.2) is 5.78 Å². The van der Waals surface area contributed by atoms with Gasteiger partial charge in [-0.15, -0.1) is 0 Å². The van der Waals surface area contributed by atoms with Crippen LogP contribution >= 0.6 is 0 Å². The summed E-state index contributed by atoms with van der Waals surface area (Å²) in [7, 11) is 1.57. The van der Waals surface area contributed by atoms with Gasteiger partial charge < -0.3 is 13.9 Å². The van der Waals surface area contributed by atoms with E-state index < -0.39 is 5.97 Å². The molecular weight excluding hydrogens is 464 g/mol. The highest BCUT2D eigenvalue weighted by Crippen LogP contribution is 2.36. The average Bonchev–Trinajstić information content (AvgIpc) is 3.32. The Labute approximate surface area is 214 Å². The van der Waals surface area contributed by atoms with Gasteiger partial charge in [-0.2, -0.15) is 0 Å². The molecule has 1 aromatic heterocycles. The van der Waals surface area contributed by atoms with Gasteiger partial charge in [0.25, 0.3) is 0 Å². The number of ether oxygens (including phenoxy) is 2. The fourth-order valence-corrected chi connectivity index (χ4v) is 3.99. The SMILES string of the molecule is COc1ccc2oc(-c3ccccc3)c(C(=O)Oc3ccc(C(=O)/C=C/c4ccc(C)cc4)cc3)c2c1. The third-order valence-corrected chi connectivity index (χ3v) is 5.99. The van der Waals surface area contributed by atoms with E-state index in [1.165, 1.54) is 6.08 Å². The third-order valence-electron chi connectivity index (χ3n) is 5.99. The van der Waals surface area contributed by atoms with E-state index in [4.69, 9.17) is 13.9 Å². The van der Waals surface area contributed by atoms with E-state index >= 15 is 0 Å². The Balaban J connectivity index is 1.39. The van der Waals surface area contributed by atoms with Crippen LogP contribution in [0.5, 0.6) is 11.5 Å². The smallest absolute Gasteiger partial charge is 0.348 e. The van der Waals surface area contributed by atoms with Gasteiger partial charge in [0.1, 0.15) is 28.4 Å². The van der Waals surface area contributed by atoms with Crippen molar-refractivity contribution < 1.29 is 23.5 Å². The van der Waals surface area contributed by atoms with Crippen LogP contribution in [0.4, 0.5) is 0 Å². The van der Waals surface area contributed by atoms with Gasteiger partial charge >= 0.3 is 5.97 Å². The van der Waals surface area contributed by atoms with E-state index in [1.807, 2.05) is 61.5 Å². The number of carbonyl (C=O) groups excluding carboxylic acids is 2. The lowest BCUT2D eigenvalue weighted by molar-refractivity contribution is 0.0737. The topological polar surface area (TPSA) is 65.7 Å². The summed E-state index contributed by atoms with van der Waals surface area (Å²) in [5.74, 6) is 0.632. The molecule has 0 amide bonds. The molecule has 0 atom stereocenters. The number of benzene rings is 4. The van der Waals surface area contributed by atoms with Crippen molar-refractivity contribution in [1.82, 2.24) is 0 Å². The monoisotopic (exact) mass is 488 g/mol. The summed E-state index contributed by atoms with van der Waals surface area (Å²) in [6, 6.07) is 29.1. The molecule has 0 spiro atoms. The zero-order valence-electron chi connectivity index (χ0n) is 20.4. The molecule has 0 saturated heterocycles. The van der Waals surface area contributed by atoms with Crippen molar-refractivity contribution in [3.8, 4) is 22.8 Å². The number of fused-ring (bicyclic) bond motifs is 1. The summed E-state index contributed by atoms with van der Waals surface area (Å²) in [6.45, 7) is 2.02. The molecule has 0 aliphatic carbocycles. The summed E-state index contributed by atoms with van der Waals surface area (Å²) >= 11 is 0. The number of rotatable bonds is 7. The first kappa shape index (κ1) is 23.8. The first-order valence-electron chi connectivity index (χ1n) is 11.8. The standard InChI is InChI=1S/C32H24O5/c1-21-8-10-22(11-9-21)12-18-28(33)23-13-15-25(16-14-23)36-32(34)30-27-20-26(35-2)17-19-29(27)37-31(30)24-6-4-3-5-7-24/h3-20H,1-2H3/b18-12+. The highest BCUT2D eigenvalue weighted by atomic mass is 16.5. The van der Waals surface area contributed by atoms with Crippen LogP contribution in [-0.2, 0) is 0 Å². The van der Waals surface area contributed by atoms with E-state index in [0.717, 1.165) is 16.7 Å². The second-order valence-electron chi connectivity index (χ2n) is 8.56. The Hall–Kier alpha value is -4.90. The molecule has 0 aliphatic heterocycles. The Morgan fingerprint density at radius 2 is 1.51 bits per heavy atom. The van der Waals surface area contributed by atoms with Crippen LogP contribution < -0.4 is 9.47 Å². The predicted molar refractivity (Wildman–Crippen MR) is 144 cm³/mol. The van der Waals surface area contributed by atoms with Crippen LogP contribution in [-0.4, -0.2) is 18.9 Å². The number of methoxy groups -OCH3 is 1. The Kier molecular flexibility index (Phi) is 6.68. The molecule has 182 valence electrons. The molecule has 0 fully saturated rings. The van der Waals surface area contributed by atoms with Crippen molar-refractivity contribution in [3.05, 3.63) is 125 Å². The van der Waals surface area contributed by atoms with Crippen molar-refractivity contribution in [2.24, 2.45) is 0 Å². The number of aryl methyl sites for hydroxylation is 1. The molecule has 0 bridgehead atoms. The Morgan fingerprint density at radius 3 is 2.22 bits per heavy atom. The first-order valence-corrected chi connectivity index (χ1v) is 11.8. The maximum atomic E-state index is 13.4. The molecule has 1 heterocycles. The van der Waals surface area contributed by atoms with Crippen LogP contribution in [0.3, 0.4) is 0 Å². The second-order valence-corrected chi connectivity index (χ2v) is 8.56. The molecule has 0 aliphatic rings. The van der Waals surface area contributed by atoms with Crippen LogP contribution in [0.15, 0.2) is 108 Å². The van der Waals surface area contributed by atoms with E-state index in [1.54, 1.807) is 55.7 Å². The Morgan fingerprint density at radius 1 is 0.811 bits per heavy atom. The van der Waals surface area contributed by atoms with E-state index in [2.05, 4.69) is 0 Å². The molecule has 4 aromatic carbocycles. The summed E-state index contributed by atoms with van der Waals surface area (Å²) in [4.78, 5) is 26.0. The summed E-state index contributed by atoms with van der Waals surface area (Å²) < 4.78 is 17.1. The van der Waals surface area contributed by atoms with Crippen molar-refractivity contribution >= 4 is 28.8 Å². The van der Waals surface area contributed by atoms with Gasteiger partial charge in [0, 0.05) is 16.5 Å². The number of esters is 1.